The second-order valence-corrected chi connectivity index (χ2v) is 3.89. The average Bonchev–Trinajstić information content (AvgIpc) is 2.32. The topological polar surface area (TPSA) is 33.1 Å². The summed E-state index contributed by atoms with van der Waals surface area (Å²) in [7, 11) is 0. The molecule has 1 heterocycles. The van der Waals surface area contributed by atoms with Gasteiger partial charge in [-0.25, -0.2) is 0 Å². The van der Waals surface area contributed by atoms with E-state index in [9.17, 15) is 5.11 Å². The van der Waals surface area contributed by atoms with Crippen molar-refractivity contribution in [2.45, 2.75) is 19.8 Å². The summed E-state index contributed by atoms with van der Waals surface area (Å²) in [6.07, 6.45) is 1.89. The van der Waals surface area contributed by atoms with Crippen molar-refractivity contribution in [2.24, 2.45) is 0 Å². The summed E-state index contributed by atoms with van der Waals surface area (Å²) in [6, 6.07) is 13.9. The van der Waals surface area contributed by atoms with Crippen LogP contribution in [0.1, 0.15) is 17.0 Å². The molecule has 0 atom stereocenters. The van der Waals surface area contributed by atoms with Crippen molar-refractivity contribution >= 4 is 0 Å². The van der Waals surface area contributed by atoms with Gasteiger partial charge in [-0.1, -0.05) is 30.3 Å². The fourth-order valence-corrected chi connectivity index (χ4v) is 1.66. The normalized spacial score (nSPS) is 10.3. The number of hydrogen-bond donors (Lipinski definition) is 1. The quantitative estimate of drug-likeness (QED) is 0.850. The Balaban J connectivity index is 2.03. The summed E-state index contributed by atoms with van der Waals surface area (Å²) in [5.41, 5.74) is 3.04. The molecule has 1 aromatic heterocycles. The van der Waals surface area contributed by atoms with E-state index in [-0.39, 0.29) is 5.75 Å². The van der Waals surface area contributed by atoms with Crippen molar-refractivity contribution in [2.75, 3.05) is 0 Å². The molecule has 0 spiro atoms. The van der Waals surface area contributed by atoms with Crippen LogP contribution in [-0.4, -0.2) is 10.1 Å². The Morgan fingerprint density at radius 1 is 1.00 bits per heavy atom. The van der Waals surface area contributed by atoms with E-state index in [2.05, 4.69) is 17.1 Å². The van der Waals surface area contributed by atoms with Crippen molar-refractivity contribution in [1.82, 2.24) is 4.98 Å². The van der Waals surface area contributed by atoms with Crippen LogP contribution in [0.5, 0.6) is 5.75 Å². The number of aryl methyl sites for hydroxylation is 3. The van der Waals surface area contributed by atoms with E-state index in [0.717, 1.165) is 18.5 Å². The fourth-order valence-electron chi connectivity index (χ4n) is 1.66. The van der Waals surface area contributed by atoms with E-state index in [4.69, 9.17) is 0 Å². The summed E-state index contributed by atoms with van der Waals surface area (Å²) in [6.45, 7) is 1.82. The summed E-state index contributed by atoms with van der Waals surface area (Å²) in [4.78, 5) is 4.34. The number of benzene rings is 1. The highest BCUT2D eigenvalue weighted by Crippen LogP contribution is 2.14. The summed E-state index contributed by atoms with van der Waals surface area (Å²) in [5.74, 6) is 0.267. The third kappa shape index (κ3) is 2.60. The van der Waals surface area contributed by atoms with E-state index in [0.29, 0.717) is 5.69 Å². The maximum absolute atomic E-state index is 9.37. The van der Waals surface area contributed by atoms with Gasteiger partial charge >= 0.3 is 0 Å². The molecule has 2 rings (SSSR count). The first-order valence-electron chi connectivity index (χ1n) is 5.45. The first-order chi connectivity index (χ1) is 7.75. The van der Waals surface area contributed by atoms with E-state index in [1.54, 1.807) is 6.07 Å². The Labute approximate surface area is 95.6 Å². The van der Waals surface area contributed by atoms with Crippen LogP contribution in [0.15, 0.2) is 42.5 Å². The van der Waals surface area contributed by atoms with Crippen LogP contribution in [0, 0.1) is 6.92 Å². The second-order valence-electron chi connectivity index (χ2n) is 3.89. The van der Waals surface area contributed by atoms with Gasteiger partial charge in [0.2, 0.25) is 0 Å². The molecular formula is C14H15NO. The zero-order chi connectivity index (χ0) is 11.4. The van der Waals surface area contributed by atoms with Crippen molar-refractivity contribution in [3.8, 4) is 5.75 Å². The minimum atomic E-state index is 0.267. The van der Waals surface area contributed by atoms with Crippen LogP contribution in [0.25, 0.3) is 0 Å². The highest BCUT2D eigenvalue weighted by molar-refractivity contribution is 5.27. The van der Waals surface area contributed by atoms with Gasteiger partial charge < -0.3 is 5.11 Å². The maximum Gasteiger partial charge on any atom is 0.136 e. The fraction of sp³-hybridized carbons (Fsp3) is 0.214. The Morgan fingerprint density at radius 3 is 2.44 bits per heavy atom. The highest BCUT2D eigenvalue weighted by Gasteiger charge is 2.00. The average molecular weight is 213 g/mol. The van der Waals surface area contributed by atoms with Crippen molar-refractivity contribution in [3.63, 3.8) is 0 Å². The third-order valence-electron chi connectivity index (χ3n) is 2.63. The maximum atomic E-state index is 9.37. The van der Waals surface area contributed by atoms with Crippen molar-refractivity contribution < 1.29 is 5.11 Å². The lowest BCUT2D eigenvalue weighted by molar-refractivity contribution is 0.467. The van der Waals surface area contributed by atoms with Gasteiger partial charge in [-0.05, 0) is 37.5 Å². The van der Waals surface area contributed by atoms with Crippen LogP contribution >= 0.6 is 0 Å². The predicted octanol–water partition coefficient (Wildman–Crippen LogP) is 2.88. The van der Waals surface area contributed by atoms with Gasteiger partial charge in [0.1, 0.15) is 5.75 Å². The standard InChI is InChI=1S/C14H15NO/c1-11-14(16)10-9-13(15-11)8-7-12-5-3-2-4-6-12/h2-6,9-10,16H,7-8H2,1H3. The Kier molecular flexibility index (Phi) is 3.20. The number of aromatic nitrogens is 1. The molecule has 0 aliphatic rings. The Hall–Kier alpha value is -1.83. The summed E-state index contributed by atoms with van der Waals surface area (Å²) in [5, 5.41) is 9.37. The zero-order valence-electron chi connectivity index (χ0n) is 9.35. The van der Waals surface area contributed by atoms with Gasteiger partial charge in [-0.2, -0.15) is 0 Å². The molecule has 0 bridgehead atoms. The SMILES string of the molecule is Cc1nc(CCc2ccccc2)ccc1O. The Morgan fingerprint density at radius 2 is 1.75 bits per heavy atom. The predicted molar refractivity (Wildman–Crippen MR) is 64.5 cm³/mol. The third-order valence-corrected chi connectivity index (χ3v) is 2.63. The van der Waals surface area contributed by atoms with Gasteiger partial charge in [-0.15, -0.1) is 0 Å². The minimum Gasteiger partial charge on any atom is -0.506 e. The van der Waals surface area contributed by atoms with Crippen LogP contribution in [-0.2, 0) is 12.8 Å². The molecule has 0 amide bonds. The lowest BCUT2D eigenvalue weighted by Crippen LogP contribution is -1.95. The van der Waals surface area contributed by atoms with Crippen molar-refractivity contribution in [1.29, 1.82) is 0 Å². The molecule has 0 aliphatic heterocycles. The van der Waals surface area contributed by atoms with Gasteiger partial charge in [0.05, 0.1) is 5.69 Å². The molecule has 0 fully saturated rings. The molecule has 0 saturated heterocycles. The highest BCUT2D eigenvalue weighted by atomic mass is 16.3. The molecule has 2 heteroatoms. The first-order valence-corrected chi connectivity index (χ1v) is 5.45. The largest absolute Gasteiger partial charge is 0.506 e. The van der Waals surface area contributed by atoms with Gasteiger partial charge in [0.15, 0.2) is 0 Å². The molecule has 2 nitrogen and oxygen atoms in total. The number of hydrogen-bond acceptors (Lipinski definition) is 2. The number of aromatic hydroxyl groups is 1. The molecule has 2 aromatic rings. The zero-order valence-corrected chi connectivity index (χ0v) is 9.35. The van der Waals surface area contributed by atoms with Gasteiger partial charge in [0, 0.05) is 5.69 Å². The Bertz CT molecular complexity index is 465. The number of rotatable bonds is 3. The molecule has 0 unspecified atom stereocenters. The molecular weight excluding hydrogens is 198 g/mol. The monoisotopic (exact) mass is 213 g/mol. The summed E-state index contributed by atoms with van der Waals surface area (Å²) >= 11 is 0. The van der Waals surface area contributed by atoms with Gasteiger partial charge in [-0.3, -0.25) is 4.98 Å². The van der Waals surface area contributed by atoms with Crippen LogP contribution in [0.2, 0.25) is 0 Å². The molecule has 82 valence electrons. The van der Waals surface area contributed by atoms with Crippen molar-refractivity contribution in [3.05, 3.63) is 59.4 Å². The lowest BCUT2D eigenvalue weighted by Gasteiger charge is -2.03. The second kappa shape index (κ2) is 4.79. The molecule has 0 saturated carbocycles. The van der Waals surface area contributed by atoms with Crippen LogP contribution in [0.4, 0.5) is 0 Å². The van der Waals surface area contributed by atoms with E-state index >= 15 is 0 Å². The molecule has 0 radical (unpaired) electrons. The molecule has 1 N–H and O–H groups in total. The molecule has 0 aliphatic carbocycles. The first kappa shape index (κ1) is 10.7. The van der Waals surface area contributed by atoms with Crippen LogP contribution < -0.4 is 0 Å². The molecule has 1 aromatic carbocycles. The van der Waals surface area contributed by atoms with E-state index < -0.39 is 0 Å². The number of nitrogens with zero attached hydrogens (tertiary/aromatic N) is 1. The minimum absolute atomic E-state index is 0.267. The van der Waals surface area contributed by atoms with E-state index in [1.807, 2.05) is 31.2 Å². The van der Waals surface area contributed by atoms with Gasteiger partial charge in [0.25, 0.3) is 0 Å². The summed E-state index contributed by atoms with van der Waals surface area (Å²) < 4.78 is 0. The lowest BCUT2D eigenvalue weighted by atomic mass is 10.1. The number of pyridine rings is 1. The smallest absolute Gasteiger partial charge is 0.136 e. The molecule has 16 heavy (non-hydrogen) atoms. The van der Waals surface area contributed by atoms with E-state index in [1.165, 1.54) is 5.56 Å². The van der Waals surface area contributed by atoms with Crippen LogP contribution in [0.3, 0.4) is 0 Å².